The molecule has 0 unspecified atom stereocenters. The van der Waals surface area contributed by atoms with E-state index in [2.05, 4.69) is 5.32 Å². The van der Waals surface area contributed by atoms with Crippen LogP contribution in [0.5, 0.6) is 0 Å². The van der Waals surface area contributed by atoms with E-state index in [0.717, 1.165) is 5.56 Å². The van der Waals surface area contributed by atoms with Gasteiger partial charge in [0.25, 0.3) is 5.91 Å². The highest BCUT2D eigenvalue weighted by atomic mass is 35.5. The minimum atomic E-state index is -0.956. The second kappa shape index (κ2) is 8.74. The molecule has 0 bridgehead atoms. The lowest BCUT2D eigenvalue weighted by Crippen LogP contribution is -2.37. The second-order valence-electron chi connectivity index (χ2n) is 5.32. The third-order valence-electron chi connectivity index (χ3n) is 3.38. The number of amides is 1. The van der Waals surface area contributed by atoms with E-state index in [1.54, 1.807) is 37.3 Å². The second-order valence-corrected chi connectivity index (χ2v) is 6.17. The maximum atomic E-state index is 12.2. The van der Waals surface area contributed by atoms with Crippen LogP contribution in [0, 0.1) is 0 Å². The molecule has 0 aliphatic carbocycles. The first kappa shape index (κ1) is 19.1. The molecule has 1 amide bonds. The van der Waals surface area contributed by atoms with Crippen molar-refractivity contribution in [2.45, 2.75) is 26.0 Å². The van der Waals surface area contributed by atoms with Crippen LogP contribution in [0.25, 0.3) is 6.08 Å². The summed E-state index contributed by atoms with van der Waals surface area (Å²) >= 11 is 12.0. The minimum absolute atomic E-state index is 0.364. The van der Waals surface area contributed by atoms with Crippen molar-refractivity contribution < 1.29 is 18.7 Å². The quantitative estimate of drug-likeness (QED) is 0.594. The number of ether oxygens (including phenoxy) is 1. The predicted octanol–water partition coefficient (Wildman–Crippen LogP) is 4.41. The van der Waals surface area contributed by atoms with E-state index in [1.165, 1.54) is 25.3 Å². The van der Waals surface area contributed by atoms with Crippen LogP contribution in [0.4, 0.5) is 0 Å². The number of hydrogen-bond acceptors (Lipinski definition) is 4. The Balaban J connectivity index is 1.89. The fourth-order valence-corrected chi connectivity index (χ4v) is 2.64. The maximum Gasteiger partial charge on any atom is 0.331 e. The topological polar surface area (TPSA) is 68.5 Å². The molecule has 0 spiro atoms. The lowest BCUT2D eigenvalue weighted by Gasteiger charge is -2.19. The van der Waals surface area contributed by atoms with Gasteiger partial charge in [-0.2, -0.15) is 0 Å². The summed E-state index contributed by atoms with van der Waals surface area (Å²) < 4.78 is 10.1. The van der Waals surface area contributed by atoms with E-state index >= 15 is 0 Å². The van der Waals surface area contributed by atoms with Gasteiger partial charge >= 0.3 is 5.97 Å². The number of carbonyl (C=O) groups is 2. The summed E-state index contributed by atoms with van der Waals surface area (Å²) in [6, 6.07) is 8.05. The van der Waals surface area contributed by atoms with E-state index < -0.39 is 18.0 Å². The molecular formula is C18H17Cl2NO4. The Morgan fingerprint density at radius 3 is 2.64 bits per heavy atom. The summed E-state index contributed by atoms with van der Waals surface area (Å²) in [5.41, 5.74) is 0.718. The zero-order valence-electron chi connectivity index (χ0n) is 13.7. The average Bonchev–Trinajstić information content (AvgIpc) is 3.06. The van der Waals surface area contributed by atoms with Crippen LogP contribution in [-0.2, 0) is 14.3 Å². The Morgan fingerprint density at radius 2 is 2.00 bits per heavy atom. The fraction of sp³-hybridized carbons (Fsp3) is 0.222. The number of furan rings is 1. The number of carbonyl (C=O) groups excluding carboxylic acids is 2. The Morgan fingerprint density at radius 1 is 1.24 bits per heavy atom. The van der Waals surface area contributed by atoms with E-state index in [1.807, 2.05) is 0 Å². The first-order valence-electron chi connectivity index (χ1n) is 7.54. The maximum absolute atomic E-state index is 12.2. The molecule has 2 atom stereocenters. The summed E-state index contributed by atoms with van der Waals surface area (Å²) in [6.45, 7) is 3.27. The van der Waals surface area contributed by atoms with Gasteiger partial charge in [-0.3, -0.25) is 4.79 Å². The normalized spacial score (nSPS) is 13.4. The summed E-state index contributed by atoms with van der Waals surface area (Å²) in [5.74, 6) is -0.561. The standard InChI is InChI=1S/C18H17Cl2NO4/c1-11(15-7-5-13(19)10-16(15)20)21-18(23)12(2)25-17(22)8-6-14-4-3-9-24-14/h3-12H,1-2H3,(H,21,23)/b8-6+/t11-,12-/m0/s1. The zero-order valence-corrected chi connectivity index (χ0v) is 15.2. The van der Waals surface area contributed by atoms with Crippen molar-refractivity contribution in [1.29, 1.82) is 0 Å². The molecule has 0 saturated heterocycles. The third-order valence-corrected chi connectivity index (χ3v) is 3.94. The van der Waals surface area contributed by atoms with Crippen molar-refractivity contribution in [2.75, 3.05) is 0 Å². The van der Waals surface area contributed by atoms with Crippen molar-refractivity contribution >= 4 is 41.2 Å². The molecule has 1 heterocycles. The van der Waals surface area contributed by atoms with Gasteiger partial charge < -0.3 is 14.5 Å². The number of rotatable bonds is 6. The summed E-state index contributed by atoms with van der Waals surface area (Å²) in [5, 5.41) is 3.71. The van der Waals surface area contributed by atoms with Gasteiger partial charge in [0.15, 0.2) is 6.10 Å². The molecule has 1 N–H and O–H groups in total. The van der Waals surface area contributed by atoms with Gasteiger partial charge in [-0.15, -0.1) is 0 Å². The van der Waals surface area contributed by atoms with Crippen molar-refractivity contribution in [1.82, 2.24) is 5.32 Å². The van der Waals surface area contributed by atoms with E-state index in [9.17, 15) is 9.59 Å². The van der Waals surface area contributed by atoms with Gasteiger partial charge in [-0.25, -0.2) is 4.79 Å². The molecule has 2 rings (SSSR count). The Labute approximate surface area is 155 Å². The molecule has 0 aliphatic rings. The van der Waals surface area contributed by atoms with Crippen molar-refractivity contribution in [3.05, 3.63) is 64.0 Å². The molecular weight excluding hydrogens is 365 g/mol. The van der Waals surface area contributed by atoms with Crippen LogP contribution in [0.2, 0.25) is 10.0 Å². The Hall–Kier alpha value is -2.24. The predicted molar refractivity (Wildman–Crippen MR) is 96.3 cm³/mol. The minimum Gasteiger partial charge on any atom is -0.465 e. The van der Waals surface area contributed by atoms with Gasteiger partial charge in [0.2, 0.25) is 0 Å². The highest BCUT2D eigenvalue weighted by Crippen LogP contribution is 2.26. The SMILES string of the molecule is C[C@H](OC(=O)/C=C/c1ccco1)C(=O)N[C@@H](C)c1ccc(Cl)cc1Cl. The van der Waals surface area contributed by atoms with E-state index in [-0.39, 0.29) is 6.04 Å². The number of hydrogen-bond donors (Lipinski definition) is 1. The highest BCUT2D eigenvalue weighted by Gasteiger charge is 2.20. The van der Waals surface area contributed by atoms with Gasteiger partial charge in [0.05, 0.1) is 12.3 Å². The number of benzene rings is 1. The Kier molecular flexibility index (Phi) is 6.67. The van der Waals surface area contributed by atoms with Gasteiger partial charge in [-0.1, -0.05) is 29.3 Å². The number of esters is 1. The van der Waals surface area contributed by atoms with Crippen LogP contribution in [0.3, 0.4) is 0 Å². The highest BCUT2D eigenvalue weighted by molar-refractivity contribution is 6.35. The lowest BCUT2D eigenvalue weighted by atomic mass is 10.1. The van der Waals surface area contributed by atoms with Crippen molar-refractivity contribution in [2.24, 2.45) is 0 Å². The molecule has 7 heteroatoms. The third kappa shape index (κ3) is 5.66. The summed E-state index contributed by atoms with van der Waals surface area (Å²) in [7, 11) is 0. The molecule has 132 valence electrons. The molecule has 1 aromatic carbocycles. The van der Waals surface area contributed by atoms with Crippen LogP contribution in [-0.4, -0.2) is 18.0 Å². The van der Waals surface area contributed by atoms with E-state index in [4.69, 9.17) is 32.4 Å². The molecule has 0 radical (unpaired) electrons. The smallest absolute Gasteiger partial charge is 0.331 e. The number of nitrogens with one attached hydrogen (secondary N) is 1. The summed E-state index contributed by atoms with van der Waals surface area (Å²) in [4.78, 5) is 23.9. The Bertz CT molecular complexity index is 771. The molecule has 25 heavy (non-hydrogen) atoms. The van der Waals surface area contributed by atoms with Crippen LogP contribution >= 0.6 is 23.2 Å². The molecule has 5 nitrogen and oxygen atoms in total. The molecule has 0 fully saturated rings. The first-order chi connectivity index (χ1) is 11.9. The average molecular weight is 382 g/mol. The first-order valence-corrected chi connectivity index (χ1v) is 8.30. The largest absolute Gasteiger partial charge is 0.465 e. The number of halogens is 2. The fourth-order valence-electron chi connectivity index (χ4n) is 2.06. The van der Waals surface area contributed by atoms with Gasteiger partial charge in [0, 0.05) is 16.1 Å². The zero-order chi connectivity index (χ0) is 18.4. The van der Waals surface area contributed by atoms with Gasteiger partial charge in [0.1, 0.15) is 5.76 Å². The monoisotopic (exact) mass is 381 g/mol. The van der Waals surface area contributed by atoms with Gasteiger partial charge in [-0.05, 0) is 49.8 Å². The molecule has 2 aromatic rings. The lowest BCUT2D eigenvalue weighted by molar-refractivity contribution is -0.150. The van der Waals surface area contributed by atoms with Crippen molar-refractivity contribution in [3.63, 3.8) is 0 Å². The summed E-state index contributed by atoms with van der Waals surface area (Å²) in [6.07, 6.45) is 3.19. The van der Waals surface area contributed by atoms with Crippen LogP contribution < -0.4 is 5.32 Å². The molecule has 0 saturated carbocycles. The molecule has 1 aromatic heterocycles. The van der Waals surface area contributed by atoms with Crippen LogP contribution in [0.15, 0.2) is 47.1 Å². The van der Waals surface area contributed by atoms with Crippen molar-refractivity contribution in [3.8, 4) is 0 Å². The van der Waals surface area contributed by atoms with E-state index in [0.29, 0.717) is 15.8 Å². The van der Waals surface area contributed by atoms with Crippen LogP contribution in [0.1, 0.15) is 31.2 Å². The molecule has 0 aliphatic heterocycles.